The van der Waals surface area contributed by atoms with Crippen LogP contribution in [0, 0.1) is 16.7 Å². The van der Waals surface area contributed by atoms with Crippen molar-refractivity contribution in [3.63, 3.8) is 0 Å². The number of carbonyl (C=O) groups is 3. The summed E-state index contributed by atoms with van der Waals surface area (Å²) in [6.07, 6.45) is 0.337. The van der Waals surface area contributed by atoms with Crippen molar-refractivity contribution in [3.8, 4) is 6.07 Å². The van der Waals surface area contributed by atoms with Crippen molar-refractivity contribution in [2.24, 2.45) is 10.5 Å². The fourth-order valence-electron chi connectivity index (χ4n) is 2.25. The number of hydrogen-bond acceptors (Lipinski definition) is 6. The number of carbonyl (C=O) groups excluding carboxylic acids is 2. The number of nitriles is 1. The largest absolute Gasteiger partial charge is 0.480 e. The molecule has 0 aliphatic carbocycles. The van der Waals surface area contributed by atoms with Gasteiger partial charge in [0.15, 0.2) is 5.41 Å². The zero-order chi connectivity index (χ0) is 17.0. The molecule has 1 atom stereocenters. The number of hydrogen-bond donors (Lipinski definition) is 2. The van der Waals surface area contributed by atoms with Crippen LogP contribution in [-0.2, 0) is 19.1 Å². The molecule has 8 nitrogen and oxygen atoms in total. The normalized spacial score (nSPS) is 20.8. The zero-order valence-electron chi connectivity index (χ0n) is 12.8. The molecule has 22 heavy (non-hydrogen) atoms. The van der Waals surface area contributed by atoms with E-state index in [1.54, 1.807) is 13.8 Å². The Kier molecular flexibility index (Phi) is 5.25. The van der Waals surface area contributed by atoms with Crippen LogP contribution >= 0.6 is 0 Å². The highest BCUT2D eigenvalue weighted by Gasteiger charge is 2.52. The van der Waals surface area contributed by atoms with Gasteiger partial charge in [-0.15, -0.1) is 0 Å². The number of rotatable bonds is 7. The summed E-state index contributed by atoms with van der Waals surface area (Å²) in [7, 11) is 0. The molecular formula is C14H19N3O5. The number of nitrogens with zero attached hydrogens (tertiary/aromatic N) is 2. The lowest BCUT2D eigenvalue weighted by atomic mass is 9.82. The van der Waals surface area contributed by atoms with E-state index < -0.39 is 28.9 Å². The molecule has 0 fully saturated rings. The third-order valence-electron chi connectivity index (χ3n) is 4.05. The first-order chi connectivity index (χ1) is 10.3. The quantitative estimate of drug-likeness (QED) is 0.532. The van der Waals surface area contributed by atoms with Crippen molar-refractivity contribution >= 4 is 23.6 Å². The van der Waals surface area contributed by atoms with E-state index in [2.05, 4.69) is 10.5 Å². The van der Waals surface area contributed by atoms with Gasteiger partial charge in [0.1, 0.15) is 0 Å². The van der Waals surface area contributed by atoms with Gasteiger partial charge in [0.2, 0.25) is 5.60 Å². The Hall–Kier alpha value is -2.43. The van der Waals surface area contributed by atoms with Gasteiger partial charge in [0.25, 0.3) is 5.91 Å². The van der Waals surface area contributed by atoms with Crippen molar-refractivity contribution in [1.82, 2.24) is 5.43 Å². The van der Waals surface area contributed by atoms with Gasteiger partial charge < -0.3 is 9.84 Å². The molecule has 120 valence electrons. The Morgan fingerprint density at radius 2 is 2.05 bits per heavy atom. The van der Waals surface area contributed by atoms with E-state index in [9.17, 15) is 19.5 Å². The molecule has 8 heteroatoms. The van der Waals surface area contributed by atoms with E-state index >= 15 is 0 Å². The molecule has 2 N–H and O–H groups in total. The van der Waals surface area contributed by atoms with E-state index in [0.29, 0.717) is 0 Å². The Balaban J connectivity index is 3.07. The second kappa shape index (κ2) is 6.56. The van der Waals surface area contributed by atoms with Crippen LogP contribution in [0.25, 0.3) is 0 Å². The first kappa shape index (κ1) is 17.6. The molecule has 1 aliphatic rings. The number of amides is 1. The van der Waals surface area contributed by atoms with Crippen molar-refractivity contribution in [3.05, 3.63) is 0 Å². The Morgan fingerprint density at radius 3 is 2.50 bits per heavy atom. The van der Waals surface area contributed by atoms with Gasteiger partial charge in [0, 0.05) is 12.8 Å². The first-order valence-corrected chi connectivity index (χ1v) is 6.99. The standard InChI is InChI=1S/C14H19N3O5/c1-4-14(5-2,11(19)20)12(21)22-13(3)9(7-6-8-15)16-17-10(13)18/h4-7H2,1-3H3,(H,17,18)(H,19,20). The first-order valence-electron chi connectivity index (χ1n) is 6.99. The molecule has 0 saturated carbocycles. The maximum absolute atomic E-state index is 12.4. The van der Waals surface area contributed by atoms with Gasteiger partial charge in [-0.2, -0.15) is 10.4 Å². The summed E-state index contributed by atoms with van der Waals surface area (Å²) in [5.41, 5.74) is -0.970. The summed E-state index contributed by atoms with van der Waals surface area (Å²) >= 11 is 0. The summed E-state index contributed by atoms with van der Waals surface area (Å²) in [4.78, 5) is 35.8. The van der Waals surface area contributed by atoms with Crippen LogP contribution in [-0.4, -0.2) is 34.3 Å². The number of carboxylic acid groups (broad SMARTS) is 1. The molecule has 0 radical (unpaired) electrons. The van der Waals surface area contributed by atoms with Gasteiger partial charge in [-0.05, 0) is 19.8 Å². The van der Waals surface area contributed by atoms with E-state index in [0.717, 1.165) is 0 Å². The molecule has 1 heterocycles. The lowest BCUT2D eigenvalue weighted by Gasteiger charge is -2.30. The van der Waals surface area contributed by atoms with E-state index in [-0.39, 0.29) is 31.4 Å². The van der Waals surface area contributed by atoms with E-state index in [1.807, 2.05) is 6.07 Å². The highest BCUT2D eigenvalue weighted by molar-refractivity contribution is 6.16. The fraction of sp³-hybridized carbons (Fsp3) is 0.643. The third kappa shape index (κ3) is 2.79. The topological polar surface area (TPSA) is 129 Å². The van der Waals surface area contributed by atoms with Gasteiger partial charge in [-0.25, -0.2) is 5.43 Å². The molecule has 0 aromatic heterocycles. The minimum absolute atomic E-state index is 0.0417. The number of hydrazone groups is 1. The van der Waals surface area contributed by atoms with Crippen LogP contribution in [0.5, 0.6) is 0 Å². The minimum Gasteiger partial charge on any atom is -0.480 e. The molecule has 0 aromatic rings. The Bertz CT molecular complexity index is 559. The van der Waals surface area contributed by atoms with Gasteiger partial charge in [-0.1, -0.05) is 13.8 Å². The fourth-order valence-corrected chi connectivity index (χ4v) is 2.25. The molecule has 0 spiro atoms. The Labute approximate surface area is 128 Å². The van der Waals surface area contributed by atoms with Crippen LogP contribution in [0.3, 0.4) is 0 Å². The summed E-state index contributed by atoms with van der Waals surface area (Å²) < 4.78 is 5.26. The predicted octanol–water partition coefficient (Wildman–Crippen LogP) is 0.969. The molecule has 1 rings (SSSR count). The Morgan fingerprint density at radius 1 is 1.45 bits per heavy atom. The molecule has 0 aromatic carbocycles. The molecule has 0 saturated heterocycles. The van der Waals surface area contributed by atoms with Gasteiger partial charge in [-0.3, -0.25) is 14.4 Å². The summed E-state index contributed by atoms with van der Waals surface area (Å²) in [6.45, 7) is 4.49. The number of ether oxygens (including phenoxy) is 1. The van der Waals surface area contributed by atoms with Crippen molar-refractivity contribution < 1.29 is 24.2 Å². The lowest BCUT2D eigenvalue weighted by Crippen LogP contribution is -2.51. The molecular weight excluding hydrogens is 290 g/mol. The van der Waals surface area contributed by atoms with E-state index in [4.69, 9.17) is 10.00 Å². The highest BCUT2D eigenvalue weighted by Crippen LogP contribution is 2.32. The average Bonchev–Trinajstić information content (AvgIpc) is 2.74. The van der Waals surface area contributed by atoms with E-state index in [1.165, 1.54) is 6.92 Å². The maximum Gasteiger partial charge on any atom is 0.324 e. The SMILES string of the molecule is CCC(CC)(C(=O)O)C(=O)OC1(C)C(=O)NN=C1CCC#N. The number of aliphatic carboxylic acids is 1. The molecule has 1 aliphatic heterocycles. The highest BCUT2D eigenvalue weighted by atomic mass is 16.6. The van der Waals surface area contributed by atoms with Crippen LogP contribution < -0.4 is 5.43 Å². The van der Waals surface area contributed by atoms with Crippen molar-refractivity contribution in [1.29, 1.82) is 5.26 Å². The van der Waals surface area contributed by atoms with Gasteiger partial charge >= 0.3 is 11.9 Å². The lowest BCUT2D eigenvalue weighted by molar-refractivity contribution is -0.178. The van der Waals surface area contributed by atoms with Crippen LogP contribution in [0.1, 0.15) is 46.5 Å². The number of esters is 1. The second-order valence-electron chi connectivity index (χ2n) is 5.17. The number of nitrogens with one attached hydrogen (secondary N) is 1. The second-order valence-corrected chi connectivity index (χ2v) is 5.17. The molecule has 1 unspecified atom stereocenters. The summed E-state index contributed by atoms with van der Waals surface area (Å²) in [5, 5.41) is 21.8. The predicted molar refractivity (Wildman–Crippen MR) is 75.6 cm³/mol. The van der Waals surface area contributed by atoms with Crippen LogP contribution in [0.2, 0.25) is 0 Å². The monoisotopic (exact) mass is 309 g/mol. The maximum atomic E-state index is 12.4. The van der Waals surface area contributed by atoms with Gasteiger partial charge in [0.05, 0.1) is 11.8 Å². The number of carboxylic acids is 1. The minimum atomic E-state index is -1.70. The van der Waals surface area contributed by atoms with Crippen molar-refractivity contribution in [2.75, 3.05) is 0 Å². The van der Waals surface area contributed by atoms with Crippen LogP contribution in [0.15, 0.2) is 5.10 Å². The average molecular weight is 309 g/mol. The molecule has 1 amide bonds. The summed E-state index contributed by atoms with van der Waals surface area (Å²) in [5.74, 6) is -2.92. The van der Waals surface area contributed by atoms with Crippen LogP contribution in [0.4, 0.5) is 0 Å². The molecule has 0 bridgehead atoms. The smallest absolute Gasteiger partial charge is 0.324 e. The van der Waals surface area contributed by atoms with Crippen molar-refractivity contribution in [2.45, 2.75) is 52.1 Å². The zero-order valence-corrected chi connectivity index (χ0v) is 12.8. The summed E-state index contributed by atoms with van der Waals surface area (Å²) in [6, 6.07) is 1.92. The third-order valence-corrected chi connectivity index (χ3v) is 4.05.